The average Bonchev–Trinajstić information content (AvgIpc) is 2.43. The number of pyridine rings is 1. The molecular weight excluding hydrogens is 254 g/mol. The zero-order valence-electron chi connectivity index (χ0n) is 11.6. The van der Waals surface area contributed by atoms with Gasteiger partial charge in [0.05, 0.1) is 6.54 Å². The standard InChI is InChI=1S/C15H17N3O2/c1-12-3-7-15(8-4-12)17(18(19)20)10-9-14-6-5-13(2)16-11-14/h3-8,11H,9-10H2,1-2H3. The van der Waals surface area contributed by atoms with Crippen LogP contribution in [-0.2, 0) is 6.42 Å². The first kappa shape index (κ1) is 14.0. The van der Waals surface area contributed by atoms with E-state index in [0.29, 0.717) is 18.7 Å². The molecule has 0 atom stereocenters. The Hall–Kier alpha value is -2.43. The van der Waals surface area contributed by atoms with Gasteiger partial charge in [0.25, 0.3) is 0 Å². The second kappa shape index (κ2) is 6.14. The van der Waals surface area contributed by atoms with Crippen molar-refractivity contribution in [2.45, 2.75) is 20.3 Å². The van der Waals surface area contributed by atoms with Gasteiger partial charge in [-0.3, -0.25) is 4.98 Å². The second-order valence-corrected chi connectivity index (χ2v) is 4.75. The fourth-order valence-corrected chi connectivity index (χ4v) is 1.90. The predicted molar refractivity (Wildman–Crippen MR) is 78.2 cm³/mol. The van der Waals surface area contributed by atoms with Crippen LogP contribution < -0.4 is 5.01 Å². The zero-order valence-corrected chi connectivity index (χ0v) is 11.6. The molecule has 0 aliphatic carbocycles. The first-order valence-corrected chi connectivity index (χ1v) is 6.46. The van der Waals surface area contributed by atoms with E-state index in [-0.39, 0.29) is 5.03 Å². The van der Waals surface area contributed by atoms with Gasteiger partial charge < -0.3 is 0 Å². The summed E-state index contributed by atoms with van der Waals surface area (Å²) in [4.78, 5) is 15.4. The molecule has 0 fully saturated rings. The minimum absolute atomic E-state index is 0.320. The van der Waals surface area contributed by atoms with E-state index in [1.165, 1.54) is 5.01 Å². The van der Waals surface area contributed by atoms with Crippen molar-refractivity contribution in [1.82, 2.24) is 4.98 Å². The normalized spacial score (nSPS) is 10.3. The summed E-state index contributed by atoms with van der Waals surface area (Å²) < 4.78 is 0. The van der Waals surface area contributed by atoms with Crippen LogP contribution in [0, 0.1) is 24.0 Å². The molecule has 2 rings (SSSR count). The number of hydrazine groups is 1. The van der Waals surface area contributed by atoms with Gasteiger partial charge in [-0.2, -0.15) is 0 Å². The third-order valence-electron chi connectivity index (χ3n) is 3.11. The summed E-state index contributed by atoms with van der Waals surface area (Å²) in [5.41, 5.74) is 3.62. The Morgan fingerprint density at radius 2 is 1.85 bits per heavy atom. The Bertz CT molecular complexity index is 579. The van der Waals surface area contributed by atoms with Crippen LogP contribution in [0.25, 0.3) is 0 Å². The number of nitrogens with zero attached hydrogens (tertiary/aromatic N) is 3. The smallest absolute Gasteiger partial charge is 0.165 e. The molecule has 0 saturated carbocycles. The van der Waals surface area contributed by atoms with E-state index in [9.17, 15) is 10.1 Å². The topological polar surface area (TPSA) is 59.3 Å². The predicted octanol–water partition coefficient (Wildman–Crippen LogP) is 2.94. The van der Waals surface area contributed by atoms with Crippen LogP contribution in [0.1, 0.15) is 16.8 Å². The molecule has 0 spiro atoms. The molecule has 0 aliphatic heterocycles. The molecule has 0 N–H and O–H groups in total. The Balaban J connectivity index is 2.08. The number of aromatic nitrogens is 1. The number of nitro groups is 1. The molecule has 0 saturated heterocycles. The highest BCUT2D eigenvalue weighted by Gasteiger charge is 2.16. The minimum atomic E-state index is -0.369. The van der Waals surface area contributed by atoms with E-state index in [1.807, 2.05) is 38.1 Å². The lowest BCUT2D eigenvalue weighted by Crippen LogP contribution is -2.31. The van der Waals surface area contributed by atoms with Gasteiger partial charge in [0.15, 0.2) is 5.03 Å². The van der Waals surface area contributed by atoms with Gasteiger partial charge in [-0.15, -0.1) is 0 Å². The molecule has 0 unspecified atom stereocenters. The van der Waals surface area contributed by atoms with E-state index in [2.05, 4.69) is 4.98 Å². The summed E-state index contributed by atoms with van der Waals surface area (Å²) in [6.07, 6.45) is 2.35. The van der Waals surface area contributed by atoms with Crippen molar-refractivity contribution < 1.29 is 5.03 Å². The number of benzene rings is 1. The first-order valence-electron chi connectivity index (χ1n) is 6.46. The summed E-state index contributed by atoms with van der Waals surface area (Å²) in [5.74, 6) is 0. The van der Waals surface area contributed by atoms with E-state index >= 15 is 0 Å². The number of hydrogen-bond acceptors (Lipinski definition) is 3. The van der Waals surface area contributed by atoms with Gasteiger partial charge >= 0.3 is 0 Å². The third-order valence-corrected chi connectivity index (χ3v) is 3.11. The van der Waals surface area contributed by atoms with Crippen molar-refractivity contribution in [3.8, 4) is 0 Å². The first-order chi connectivity index (χ1) is 9.56. The highest BCUT2D eigenvalue weighted by molar-refractivity contribution is 5.44. The second-order valence-electron chi connectivity index (χ2n) is 4.75. The largest absolute Gasteiger partial charge is 0.261 e. The van der Waals surface area contributed by atoms with E-state index in [4.69, 9.17) is 0 Å². The highest BCUT2D eigenvalue weighted by atomic mass is 16.7. The van der Waals surface area contributed by atoms with Crippen molar-refractivity contribution in [2.24, 2.45) is 0 Å². The van der Waals surface area contributed by atoms with Crippen molar-refractivity contribution in [3.05, 3.63) is 69.5 Å². The molecule has 5 heteroatoms. The molecule has 5 nitrogen and oxygen atoms in total. The maximum atomic E-state index is 11.2. The molecule has 1 heterocycles. The van der Waals surface area contributed by atoms with E-state index < -0.39 is 0 Å². The van der Waals surface area contributed by atoms with Gasteiger partial charge in [-0.05, 0) is 44.0 Å². The lowest BCUT2D eigenvalue weighted by Gasteiger charge is -2.14. The lowest BCUT2D eigenvalue weighted by molar-refractivity contribution is -0.494. The zero-order chi connectivity index (χ0) is 14.5. The molecule has 1 aromatic heterocycles. The van der Waals surface area contributed by atoms with Crippen molar-refractivity contribution in [3.63, 3.8) is 0 Å². The highest BCUT2D eigenvalue weighted by Crippen LogP contribution is 2.15. The third kappa shape index (κ3) is 3.54. The SMILES string of the molecule is Cc1ccc(N(CCc2ccc(C)nc2)[N+](=O)[O-])cc1. The van der Waals surface area contributed by atoms with Crippen molar-refractivity contribution in [1.29, 1.82) is 0 Å². The number of hydrogen-bond donors (Lipinski definition) is 0. The Morgan fingerprint density at radius 3 is 2.40 bits per heavy atom. The fourth-order valence-electron chi connectivity index (χ4n) is 1.90. The van der Waals surface area contributed by atoms with Crippen molar-refractivity contribution in [2.75, 3.05) is 11.6 Å². The quantitative estimate of drug-likeness (QED) is 0.619. The number of rotatable bonds is 5. The molecule has 0 radical (unpaired) electrons. The molecule has 0 amide bonds. The number of anilines is 1. The molecule has 104 valence electrons. The maximum absolute atomic E-state index is 11.2. The Morgan fingerprint density at radius 1 is 1.15 bits per heavy atom. The van der Waals surface area contributed by atoms with Crippen molar-refractivity contribution >= 4 is 5.69 Å². The average molecular weight is 271 g/mol. The summed E-state index contributed by atoms with van der Waals surface area (Å²) in [6.45, 7) is 4.19. The van der Waals surface area contributed by atoms with Crippen LogP contribution >= 0.6 is 0 Å². The monoisotopic (exact) mass is 271 g/mol. The minimum Gasteiger partial charge on any atom is -0.261 e. The van der Waals surface area contributed by atoms with Gasteiger partial charge in [0.1, 0.15) is 5.69 Å². The lowest BCUT2D eigenvalue weighted by atomic mass is 10.2. The maximum Gasteiger partial charge on any atom is 0.165 e. The Kier molecular flexibility index (Phi) is 4.30. The Labute approximate surface area is 118 Å². The summed E-state index contributed by atoms with van der Waals surface area (Å²) in [6, 6.07) is 11.2. The van der Waals surface area contributed by atoms with Crippen LogP contribution in [0.3, 0.4) is 0 Å². The molecule has 20 heavy (non-hydrogen) atoms. The van der Waals surface area contributed by atoms with Crippen LogP contribution in [0.4, 0.5) is 5.69 Å². The molecular formula is C15H17N3O2. The van der Waals surface area contributed by atoms with Crippen LogP contribution in [0.15, 0.2) is 42.6 Å². The van der Waals surface area contributed by atoms with Gasteiger partial charge in [-0.1, -0.05) is 28.8 Å². The molecule has 2 aromatic rings. The van der Waals surface area contributed by atoms with Gasteiger partial charge in [0, 0.05) is 11.9 Å². The van der Waals surface area contributed by atoms with E-state index in [0.717, 1.165) is 16.8 Å². The van der Waals surface area contributed by atoms with Crippen LogP contribution in [0.2, 0.25) is 0 Å². The van der Waals surface area contributed by atoms with Crippen LogP contribution in [0.5, 0.6) is 0 Å². The summed E-state index contributed by atoms with van der Waals surface area (Å²) in [5, 5.41) is 12.0. The van der Waals surface area contributed by atoms with Gasteiger partial charge in [0.2, 0.25) is 0 Å². The molecule has 0 bridgehead atoms. The summed E-state index contributed by atoms with van der Waals surface area (Å²) >= 11 is 0. The summed E-state index contributed by atoms with van der Waals surface area (Å²) in [7, 11) is 0. The fraction of sp³-hybridized carbons (Fsp3) is 0.267. The van der Waals surface area contributed by atoms with E-state index in [1.54, 1.807) is 18.3 Å². The molecule has 1 aromatic carbocycles. The van der Waals surface area contributed by atoms with Gasteiger partial charge in [-0.25, -0.2) is 10.1 Å². The molecule has 0 aliphatic rings. The van der Waals surface area contributed by atoms with Crippen LogP contribution in [-0.4, -0.2) is 16.6 Å². The number of aryl methyl sites for hydroxylation is 2.